The van der Waals surface area contributed by atoms with Gasteiger partial charge in [-0.15, -0.1) is 0 Å². The molecule has 0 aromatic rings. The molecule has 0 unspecified atom stereocenters. The topological polar surface area (TPSA) is 84.5 Å². The number of alkyl halides is 2. The molecule has 0 aliphatic heterocycles. The first kappa shape index (κ1) is 19.3. The molecule has 2 N–H and O–H groups in total. The van der Waals surface area contributed by atoms with E-state index in [4.69, 9.17) is 4.74 Å². The van der Waals surface area contributed by atoms with Gasteiger partial charge in [-0.1, -0.05) is 0 Å². The average molecular weight is 334 g/mol. The molecule has 6 nitrogen and oxygen atoms in total. The van der Waals surface area contributed by atoms with Crippen LogP contribution in [0.3, 0.4) is 0 Å². The van der Waals surface area contributed by atoms with Gasteiger partial charge < -0.3 is 15.4 Å². The third-order valence-corrected chi connectivity index (χ3v) is 3.76. The summed E-state index contributed by atoms with van der Waals surface area (Å²) in [7, 11) is 0. The SMILES string of the molecule is CCOC(=O)[C@H](C)NC(=O)[C@H](C)NC(=O)[C@H]1CCCC(F)(F)C1. The summed E-state index contributed by atoms with van der Waals surface area (Å²) in [6.07, 6.45) is -0.0309. The van der Waals surface area contributed by atoms with Crippen LogP contribution in [0.15, 0.2) is 0 Å². The number of carbonyl (C=O) groups excluding carboxylic acids is 3. The van der Waals surface area contributed by atoms with Gasteiger partial charge in [0.2, 0.25) is 17.7 Å². The lowest BCUT2D eigenvalue weighted by Gasteiger charge is -2.29. The number of hydrogen-bond acceptors (Lipinski definition) is 4. The van der Waals surface area contributed by atoms with E-state index in [1.54, 1.807) is 6.92 Å². The molecule has 1 aliphatic carbocycles. The van der Waals surface area contributed by atoms with Gasteiger partial charge in [-0.05, 0) is 33.6 Å². The fraction of sp³-hybridized carbons (Fsp3) is 0.800. The number of esters is 1. The molecule has 132 valence electrons. The van der Waals surface area contributed by atoms with Crippen molar-refractivity contribution in [2.24, 2.45) is 5.92 Å². The summed E-state index contributed by atoms with van der Waals surface area (Å²) in [5.41, 5.74) is 0. The molecule has 3 atom stereocenters. The van der Waals surface area contributed by atoms with Gasteiger partial charge in [-0.2, -0.15) is 0 Å². The Bertz CT molecular complexity index is 457. The molecule has 8 heteroatoms. The van der Waals surface area contributed by atoms with E-state index in [0.29, 0.717) is 6.42 Å². The maximum Gasteiger partial charge on any atom is 0.328 e. The molecule has 2 amide bonds. The zero-order valence-electron chi connectivity index (χ0n) is 13.7. The normalized spacial score (nSPS) is 22.6. The van der Waals surface area contributed by atoms with Gasteiger partial charge in [0, 0.05) is 18.8 Å². The number of amides is 2. The lowest BCUT2D eigenvalue weighted by molar-refractivity contribution is -0.147. The average Bonchev–Trinajstić information content (AvgIpc) is 2.46. The van der Waals surface area contributed by atoms with E-state index in [2.05, 4.69) is 10.6 Å². The Balaban J connectivity index is 2.48. The lowest BCUT2D eigenvalue weighted by Crippen LogP contribution is -2.51. The maximum absolute atomic E-state index is 13.3. The van der Waals surface area contributed by atoms with Crippen LogP contribution in [0.1, 0.15) is 46.5 Å². The molecule has 0 heterocycles. The molecule has 0 aromatic carbocycles. The lowest BCUT2D eigenvalue weighted by atomic mass is 9.86. The van der Waals surface area contributed by atoms with E-state index in [9.17, 15) is 23.2 Å². The number of halogens is 2. The summed E-state index contributed by atoms with van der Waals surface area (Å²) in [6.45, 7) is 4.74. The molecular formula is C15H24F2N2O4. The molecule has 0 aromatic heterocycles. The van der Waals surface area contributed by atoms with Crippen molar-refractivity contribution >= 4 is 17.8 Å². The minimum absolute atomic E-state index is 0.196. The number of ether oxygens (including phenoxy) is 1. The van der Waals surface area contributed by atoms with Crippen LogP contribution in [0, 0.1) is 5.92 Å². The first-order chi connectivity index (χ1) is 10.7. The Morgan fingerprint density at radius 2 is 1.87 bits per heavy atom. The fourth-order valence-corrected chi connectivity index (χ4v) is 2.46. The standard InChI is InChI=1S/C15H24F2N2O4/c1-4-23-14(22)10(3)19-12(20)9(2)18-13(21)11-6-5-7-15(16,17)8-11/h9-11H,4-8H2,1-3H3,(H,18,21)(H,19,20)/t9-,10-,11-/m0/s1. The summed E-state index contributed by atoms with van der Waals surface area (Å²) in [6, 6.07) is -1.77. The molecule has 1 aliphatic rings. The number of nitrogens with one attached hydrogen (secondary N) is 2. The first-order valence-corrected chi connectivity index (χ1v) is 7.81. The molecule has 1 fully saturated rings. The molecule has 1 rings (SSSR count). The van der Waals surface area contributed by atoms with Crippen LogP contribution in [0.4, 0.5) is 8.78 Å². The summed E-state index contributed by atoms with van der Waals surface area (Å²) >= 11 is 0. The van der Waals surface area contributed by atoms with Crippen molar-refractivity contribution < 1.29 is 27.9 Å². The Labute approximate surface area is 134 Å². The Hall–Kier alpha value is -1.73. The van der Waals surface area contributed by atoms with Crippen LogP contribution < -0.4 is 10.6 Å². The van der Waals surface area contributed by atoms with Crippen molar-refractivity contribution in [3.63, 3.8) is 0 Å². The van der Waals surface area contributed by atoms with Crippen molar-refractivity contribution in [1.82, 2.24) is 10.6 Å². The molecule has 0 saturated heterocycles. The van der Waals surface area contributed by atoms with E-state index in [1.165, 1.54) is 13.8 Å². The van der Waals surface area contributed by atoms with Gasteiger partial charge in [-0.25, -0.2) is 13.6 Å². The van der Waals surface area contributed by atoms with E-state index >= 15 is 0 Å². The van der Waals surface area contributed by atoms with E-state index < -0.39 is 48.1 Å². The third-order valence-electron chi connectivity index (χ3n) is 3.76. The number of rotatable bonds is 6. The van der Waals surface area contributed by atoms with Gasteiger partial charge in [0.25, 0.3) is 0 Å². The second kappa shape index (κ2) is 8.21. The van der Waals surface area contributed by atoms with Gasteiger partial charge in [0.1, 0.15) is 12.1 Å². The molecule has 23 heavy (non-hydrogen) atoms. The van der Waals surface area contributed by atoms with Crippen LogP contribution >= 0.6 is 0 Å². The Morgan fingerprint density at radius 1 is 1.22 bits per heavy atom. The van der Waals surface area contributed by atoms with Gasteiger partial charge >= 0.3 is 5.97 Å². The second-order valence-electron chi connectivity index (χ2n) is 5.86. The quantitative estimate of drug-likeness (QED) is 0.719. The van der Waals surface area contributed by atoms with Crippen molar-refractivity contribution in [3.05, 3.63) is 0 Å². The van der Waals surface area contributed by atoms with Crippen LogP contribution in [0.5, 0.6) is 0 Å². The number of carbonyl (C=O) groups is 3. The first-order valence-electron chi connectivity index (χ1n) is 7.81. The van der Waals surface area contributed by atoms with Crippen molar-refractivity contribution in [2.45, 2.75) is 64.5 Å². The van der Waals surface area contributed by atoms with Crippen molar-refractivity contribution in [2.75, 3.05) is 6.61 Å². The highest BCUT2D eigenvalue weighted by Gasteiger charge is 2.39. The van der Waals surface area contributed by atoms with Crippen molar-refractivity contribution in [1.29, 1.82) is 0 Å². The third kappa shape index (κ3) is 6.11. The highest BCUT2D eigenvalue weighted by molar-refractivity contribution is 5.90. The van der Waals surface area contributed by atoms with Crippen molar-refractivity contribution in [3.8, 4) is 0 Å². The predicted octanol–water partition coefficient (Wildman–Crippen LogP) is 1.38. The van der Waals surface area contributed by atoms with Gasteiger partial charge in [0.05, 0.1) is 6.61 Å². The van der Waals surface area contributed by atoms with E-state index in [1.807, 2.05) is 0 Å². The highest BCUT2D eigenvalue weighted by Crippen LogP contribution is 2.36. The smallest absolute Gasteiger partial charge is 0.328 e. The van der Waals surface area contributed by atoms with E-state index in [0.717, 1.165) is 0 Å². The minimum Gasteiger partial charge on any atom is -0.464 e. The van der Waals surface area contributed by atoms with E-state index in [-0.39, 0.29) is 19.4 Å². The van der Waals surface area contributed by atoms with Gasteiger partial charge in [0.15, 0.2) is 0 Å². The predicted molar refractivity (Wildman–Crippen MR) is 78.7 cm³/mol. The Morgan fingerprint density at radius 3 is 2.43 bits per heavy atom. The van der Waals surface area contributed by atoms with Crippen LogP contribution in [0.2, 0.25) is 0 Å². The summed E-state index contributed by atoms with van der Waals surface area (Å²) in [5.74, 6) is -5.33. The van der Waals surface area contributed by atoms with Crippen LogP contribution in [-0.4, -0.2) is 42.4 Å². The monoisotopic (exact) mass is 334 g/mol. The maximum atomic E-state index is 13.3. The fourth-order valence-electron chi connectivity index (χ4n) is 2.46. The molecule has 0 spiro atoms. The molecule has 0 bridgehead atoms. The zero-order chi connectivity index (χ0) is 17.6. The Kier molecular flexibility index (Phi) is 6.90. The molecule has 0 radical (unpaired) electrons. The summed E-state index contributed by atoms with van der Waals surface area (Å²) < 4.78 is 31.4. The zero-order valence-corrected chi connectivity index (χ0v) is 13.7. The second-order valence-corrected chi connectivity index (χ2v) is 5.86. The minimum atomic E-state index is -2.83. The highest BCUT2D eigenvalue weighted by atomic mass is 19.3. The number of hydrogen-bond donors (Lipinski definition) is 2. The summed E-state index contributed by atoms with van der Waals surface area (Å²) in [4.78, 5) is 35.4. The largest absolute Gasteiger partial charge is 0.464 e. The summed E-state index contributed by atoms with van der Waals surface area (Å²) in [5, 5.41) is 4.84. The van der Waals surface area contributed by atoms with Crippen LogP contribution in [-0.2, 0) is 19.1 Å². The molecule has 1 saturated carbocycles. The van der Waals surface area contributed by atoms with Gasteiger partial charge in [-0.3, -0.25) is 9.59 Å². The van der Waals surface area contributed by atoms with Crippen LogP contribution in [0.25, 0.3) is 0 Å². The molecular weight excluding hydrogens is 310 g/mol.